The summed E-state index contributed by atoms with van der Waals surface area (Å²) < 4.78 is 5.58. The van der Waals surface area contributed by atoms with Gasteiger partial charge in [0.1, 0.15) is 11.0 Å². The predicted octanol–water partition coefficient (Wildman–Crippen LogP) is 4.14. The fraction of sp³-hybridized carbons (Fsp3) is 0.471. The molecule has 2 aromatic rings. The van der Waals surface area contributed by atoms with E-state index in [9.17, 15) is 0 Å². The van der Waals surface area contributed by atoms with Crippen LogP contribution in [0, 0.1) is 5.92 Å². The van der Waals surface area contributed by atoms with Crippen LogP contribution < -0.4 is 4.90 Å². The van der Waals surface area contributed by atoms with Gasteiger partial charge in [-0.3, -0.25) is 0 Å². The summed E-state index contributed by atoms with van der Waals surface area (Å²) in [5.74, 6) is 1.57. The molecule has 1 fully saturated rings. The normalized spacial score (nSPS) is 19.1. The molecule has 3 rings (SSSR count). The molecule has 0 N–H and O–H groups in total. The Bertz CT molecular complexity index is 617. The first-order chi connectivity index (χ1) is 10.3. The molecule has 3 nitrogen and oxygen atoms in total. The van der Waals surface area contributed by atoms with Crippen LogP contribution in [0.5, 0.6) is 0 Å². The maximum absolute atomic E-state index is 6.34. The van der Waals surface area contributed by atoms with Gasteiger partial charge in [0.05, 0.1) is 6.61 Å². The lowest BCUT2D eigenvalue weighted by Crippen LogP contribution is -2.37. The van der Waals surface area contributed by atoms with Crippen molar-refractivity contribution >= 4 is 28.2 Å². The molecule has 21 heavy (non-hydrogen) atoms. The number of ether oxygens (including phenoxy) is 1. The van der Waals surface area contributed by atoms with Crippen molar-refractivity contribution in [1.82, 2.24) is 4.98 Å². The number of hydrogen-bond donors (Lipinski definition) is 0. The third-order valence-electron chi connectivity index (χ3n) is 4.08. The number of nitrogens with zero attached hydrogens (tertiary/aromatic N) is 2. The van der Waals surface area contributed by atoms with Gasteiger partial charge in [0, 0.05) is 25.1 Å². The molecule has 1 saturated heterocycles. The second-order valence-electron chi connectivity index (χ2n) is 5.61. The molecule has 4 heteroatoms. The summed E-state index contributed by atoms with van der Waals surface area (Å²) in [6.45, 7) is 5.72. The molecule has 0 radical (unpaired) electrons. The lowest BCUT2D eigenvalue weighted by atomic mass is 9.99. The van der Waals surface area contributed by atoms with E-state index in [1.165, 1.54) is 12.8 Å². The average Bonchev–Trinajstić information content (AvgIpc) is 2.53. The van der Waals surface area contributed by atoms with Crippen molar-refractivity contribution in [3.05, 3.63) is 35.5 Å². The van der Waals surface area contributed by atoms with E-state index in [0.29, 0.717) is 11.1 Å². The summed E-state index contributed by atoms with van der Waals surface area (Å²) in [6, 6.07) is 10.3. The van der Waals surface area contributed by atoms with Crippen molar-refractivity contribution in [1.29, 1.82) is 0 Å². The van der Waals surface area contributed by atoms with Gasteiger partial charge in [-0.25, -0.2) is 4.98 Å². The first-order valence-corrected chi connectivity index (χ1v) is 8.03. The third-order valence-corrected chi connectivity index (χ3v) is 4.37. The number of rotatable bonds is 4. The summed E-state index contributed by atoms with van der Waals surface area (Å²) >= 11 is 6.34. The van der Waals surface area contributed by atoms with E-state index in [0.717, 1.165) is 42.9 Å². The molecule has 2 heterocycles. The Kier molecular flexibility index (Phi) is 4.61. The van der Waals surface area contributed by atoms with Crippen molar-refractivity contribution in [3.8, 4) is 0 Å². The lowest BCUT2D eigenvalue weighted by Gasteiger charge is -2.33. The Morgan fingerprint density at radius 1 is 1.38 bits per heavy atom. The van der Waals surface area contributed by atoms with Gasteiger partial charge >= 0.3 is 0 Å². The highest BCUT2D eigenvalue weighted by atomic mass is 35.5. The van der Waals surface area contributed by atoms with Gasteiger partial charge in [0.25, 0.3) is 0 Å². The molecule has 1 aliphatic heterocycles. The zero-order chi connectivity index (χ0) is 14.7. The summed E-state index contributed by atoms with van der Waals surface area (Å²) in [5.41, 5.74) is 0. The van der Waals surface area contributed by atoms with Crippen molar-refractivity contribution in [2.45, 2.75) is 19.8 Å². The van der Waals surface area contributed by atoms with Crippen molar-refractivity contribution in [3.63, 3.8) is 0 Å². The Labute approximate surface area is 130 Å². The molecule has 112 valence electrons. The van der Waals surface area contributed by atoms with Crippen molar-refractivity contribution in [2.75, 3.05) is 31.2 Å². The van der Waals surface area contributed by atoms with Gasteiger partial charge in [-0.05, 0) is 37.1 Å². The van der Waals surface area contributed by atoms with Crippen LogP contribution in [0.25, 0.3) is 10.8 Å². The summed E-state index contributed by atoms with van der Waals surface area (Å²) in [6.07, 6.45) is 2.42. The molecule has 1 aromatic carbocycles. The van der Waals surface area contributed by atoms with Gasteiger partial charge in [0.15, 0.2) is 0 Å². The van der Waals surface area contributed by atoms with Crippen LogP contribution in [0.2, 0.25) is 5.15 Å². The zero-order valence-electron chi connectivity index (χ0n) is 12.4. The molecule has 0 amide bonds. The van der Waals surface area contributed by atoms with Crippen molar-refractivity contribution < 1.29 is 4.74 Å². The fourth-order valence-electron chi connectivity index (χ4n) is 3.00. The van der Waals surface area contributed by atoms with E-state index in [-0.39, 0.29) is 0 Å². The minimum Gasteiger partial charge on any atom is -0.381 e. The number of aromatic nitrogens is 1. The summed E-state index contributed by atoms with van der Waals surface area (Å²) in [5, 5.41) is 2.76. The highest BCUT2D eigenvalue weighted by Crippen LogP contribution is 2.28. The highest BCUT2D eigenvalue weighted by molar-refractivity contribution is 6.34. The van der Waals surface area contributed by atoms with E-state index in [4.69, 9.17) is 16.3 Å². The van der Waals surface area contributed by atoms with E-state index < -0.39 is 0 Å². The number of halogens is 1. The number of benzene rings is 1. The van der Waals surface area contributed by atoms with Gasteiger partial charge < -0.3 is 9.64 Å². The molecule has 0 bridgehead atoms. The monoisotopic (exact) mass is 304 g/mol. The first-order valence-electron chi connectivity index (χ1n) is 7.66. The third kappa shape index (κ3) is 3.30. The predicted molar refractivity (Wildman–Crippen MR) is 88.2 cm³/mol. The topological polar surface area (TPSA) is 25.4 Å². The summed E-state index contributed by atoms with van der Waals surface area (Å²) in [4.78, 5) is 6.93. The quantitative estimate of drug-likeness (QED) is 0.794. The number of anilines is 1. The highest BCUT2D eigenvalue weighted by Gasteiger charge is 2.21. The smallest absolute Gasteiger partial charge is 0.139 e. The Balaban J connectivity index is 1.82. The fourth-order valence-corrected chi connectivity index (χ4v) is 3.26. The molecule has 0 aliphatic carbocycles. The molecular weight excluding hydrogens is 284 g/mol. The van der Waals surface area contributed by atoms with Gasteiger partial charge in [-0.1, -0.05) is 35.9 Å². The van der Waals surface area contributed by atoms with E-state index in [1.807, 2.05) is 25.1 Å². The van der Waals surface area contributed by atoms with Gasteiger partial charge in [-0.15, -0.1) is 0 Å². The Hall–Kier alpha value is -1.32. The molecular formula is C17H21ClN2O. The standard InChI is InChI=1S/C17H21ClN2O/c1-2-21-12-13-6-5-9-20(11-13)16-10-14-7-3-4-8-15(14)17(18)19-16/h3-4,7-8,10,13H,2,5-6,9,11-12H2,1H3. The molecule has 0 saturated carbocycles. The Morgan fingerprint density at radius 3 is 3.10 bits per heavy atom. The summed E-state index contributed by atoms with van der Waals surface area (Å²) in [7, 11) is 0. The zero-order valence-corrected chi connectivity index (χ0v) is 13.1. The second kappa shape index (κ2) is 6.63. The molecule has 1 unspecified atom stereocenters. The largest absolute Gasteiger partial charge is 0.381 e. The number of piperidine rings is 1. The molecule has 0 spiro atoms. The van der Waals surface area contributed by atoms with Crippen LogP contribution in [-0.2, 0) is 4.74 Å². The minimum absolute atomic E-state index is 0.589. The van der Waals surface area contributed by atoms with E-state index in [1.54, 1.807) is 0 Å². The van der Waals surface area contributed by atoms with Crippen LogP contribution >= 0.6 is 11.6 Å². The number of pyridine rings is 1. The van der Waals surface area contributed by atoms with Crippen LogP contribution in [-0.4, -0.2) is 31.3 Å². The van der Waals surface area contributed by atoms with Crippen LogP contribution in [0.3, 0.4) is 0 Å². The number of fused-ring (bicyclic) bond motifs is 1. The lowest BCUT2D eigenvalue weighted by molar-refractivity contribution is 0.104. The first kappa shape index (κ1) is 14.6. The second-order valence-corrected chi connectivity index (χ2v) is 5.96. The van der Waals surface area contributed by atoms with Gasteiger partial charge in [0.2, 0.25) is 0 Å². The van der Waals surface area contributed by atoms with E-state index >= 15 is 0 Å². The van der Waals surface area contributed by atoms with E-state index in [2.05, 4.69) is 22.0 Å². The SMILES string of the molecule is CCOCC1CCCN(c2cc3ccccc3c(Cl)n2)C1. The Morgan fingerprint density at radius 2 is 2.24 bits per heavy atom. The maximum atomic E-state index is 6.34. The van der Waals surface area contributed by atoms with Crippen molar-refractivity contribution in [2.24, 2.45) is 5.92 Å². The van der Waals surface area contributed by atoms with Crippen LogP contribution in [0.1, 0.15) is 19.8 Å². The molecule has 1 aromatic heterocycles. The number of hydrogen-bond acceptors (Lipinski definition) is 3. The van der Waals surface area contributed by atoms with Crippen LogP contribution in [0.4, 0.5) is 5.82 Å². The van der Waals surface area contributed by atoms with Crippen LogP contribution in [0.15, 0.2) is 30.3 Å². The maximum Gasteiger partial charge on any atom is 0.139 e. The minimum atomic E-state index is 0.589. The molecule has 1 aliphatic rings. The van der Waals surface area contributed by atoms with Gasteiger partial charge in [-0.2, -0.15) is 0 Å². The average molecular weight is 305 g/mol. The molecule has 1 atom stereocenters.